The van der Waals surface area contributed by atoms with Gasteiger partial charge < -0.3 is 4.74 Å². The lowest BCUT2D eigenvalue weighted by atomic mass is 9.95. The van der Waals surface area contributed by atoms with Gasteiger partial charge in [-0.1, -0.05) is 79.3 Å². The van der Waals surface area contributed by atoms with Gasteiger partial charge in [-0.15, -0.1) is 0 Å². The molecule has 0 saturated carbocycles. The zero-order valence-corrected chi connectivity index (χ0v) is 20.4. The van der Waals surface area contributed by atoms with E-state index < -0.39 is 12.0 Å². The molecule has 6 heteroatoms. The average molecular weight is 461 g/mol. The van der Waals surface area contributed by atoms with Gasteiger partial charge in [-0.25, -0.2) is 9.79 Å². The zero-order chi connectivity index (χ0) is 23.7. The summed E-state index contributed by atoms with van der Waals surface area (Å²) >= 11 is 1.34. The molecule has 0 N–H and O–H groups in total. The molecule has 5 nitrogen and oxygen atoms in total. The van der Waals surface area contributed by atoms with Crippen LogP contribution in [0.1, 0.15) is 61.9 Å². The summed E-state index contributed by atoms with van der Waals surface area (Å²) in [6.07, 6.45) is 1.89. The van der Waals surface area contributed by atoms with Crippen molar-refractivity contribution in [2.45, 2.75) is 46.6 Å². The van der Waals surface area contributed by atoms with Gasteiger partial charge >= 0.3 is 5.97 Å². The van der Waals surface area contributed by atoms with Crippen LogP contribution in [0.15, 0.2) is 69.6 Å². The summed E-state index contributed by atoms with van der Waals surface area (Å²) in [6.45, 7) is 10.1. The van der Waals surface area contributed by atoms with Gasteiger partial charge in [-0.2, -0.15) is 0 Å². The van der Waals surface area contributed by atoms with Gasteiger partial charge in [0.25, 0.3) is 5.56 Å². The van der Waals surface area contributed by atoms with Crippen molar-refractivity contribution in [3.05, 3.63) is 102 Å². The summed E-state index contributed by atoms with van der Waals surface area (Å²) in [5, 5.41) is 0. The maximum Gasteiger partial charge on any atom is 0.338 e. The molecule has 0 aliphatic carbocycles. The van der Waals surface area contributed by atoms with Crippen molar-refractivity contribution >= 4 is 23.4 Å². The van der Waals surface area contributed by atoms with Crippen LogP contribution in [-0.4, -0.2) is 17.1 Å². The molecule has 1 aliphatic heterocycles. The molecule has 1 aromatic heterocycles. The van der Waals surface area contributed by atoms with Crippen LogP contribution >= 0.6 is 11.3 Å². The molecule has 0 fully saturated rings. The second-order valence-corrected chi connectivity index (χ2v) is 9.54. The van der Waals surface area contributed by atoms with E-state index in [1.54, 1.807) is 18.4 Å². The summed E-state index contributed by atoms with van der Waals surface area (Å²) in [5.74, 6) is 0.00557. The second kappa shape index (κ2) is 9.32. The predicted molar refractivity (Wildman–Crippen MR) is 132 cm³/mol. The van der Waals surface area contributed by atoms with Gasteiger partial charge in [0.2, 0.25) is 0 Å². The highest BCUT2D eigenvalue weighted by atomic mass is 32.1. The molecule has 1 atom stereocenters. The van der Waals surface area contributed by atoms with Gasteiger partial charge in [0, 0.05) is 0 Å². The van der Waals surface area contributed by atoms with Crippen molar-refractivity contribution in [1.82, 2.24) is 4.57 Å². The Bertz CT molecular complexity index is 1390. The minimum Gasteiger partial charge on any atom is -0.463 e. The lowest BCUT2D eigenvalue weighted by molar-refractivity contribution is -0.139. The molecule has 33 heavy (non-hydrogen) atoms. The quantitative estimate of drug-likeness (QED) is 0.536. The SMILES string of the molecule is CCOC(=O)C1=C(C)N=c2s/c(=C\c3ccc(C(C)C)cc3)c(=O)n2[C@H]1c1ccc(C)cc1. The van der Waals surface area contributed by atoms with E-state index in [1.165, 1.54) is 16.9 Å². The normalized spacial score (nSPS) is 16.1. The number of carbonyl (C=O) groups excluding carboxylic acids is 1. The fourth-order valence-electron chi connectivity index (χ4n) is 3.98. The first-order valence-corrected chi connectivity index (χ1v) is 12.0. The van der Waals surface area contributed by atoms with Gasteiger partial charge in [0.15, 0.2) is 4.80 Å². The van der Waals surface area contributed by atoms with E-state index in [9.17, 15) is 9.59 Å². The van der Waals surface area contributed by atoms with Crippen LogP contribution in [0, 0.1) is 6.92 Å². The molecule has 0 bridgehead atoms. The molecule has 0 amide bonds. The lowest BCUT2D eigenvalue weighted by Crippen LogP contribution is -2.39. The Kier molecular flexibility index (Phi) is 6.47. The molecular formula is C27H28N2O3S. The minimum absolute atomic E-state index is 0.161. The summed E-state index contributed by atoms with van der Waals surface area (Å²) < 4.78 is 7.55. The van der Waals surface area contributed by atoms with Crippen LogP contribution in [0.25, 0.3) is 6.08 Å². The molecule has 3 aromatic rings. The standard InChI is InChI=1S/C27H28N2O3S/c1-6-32-26(31)23-18(5)28-27-29(24(23)21-11-7-17(4)8-12-21)25(30)22(33-27)15-19-9-13-20(14-10-19)16(2)3/h7-16,24H,6H2,1-5H3/b22-15-/t24-/m0/s1. The van der Waals surface area contributed by atoms with Crippen molar-refractivity contribution in [3.63, 3.8) is 0 Å². The van der Waals surface area contributed by atoms with Crippen molar-refractivity contribution < 1.29 is 9.53 Å². The van der Waals surface area contributed by atoms with Gasteiger partial charge in [0.1, 0.15) is 0 Å². The summed E-state index contributed by atoms with van der Waals surface area (Å²) in [7, 11) is 0. The predicted octanol–water partition coefficient (Wildman–Crippen LogP) is 4.23. The molecule has 2 aromatic carbocycles. The van der Waals surface area contributed by atoms with Crippen molar-refractivity contribution in [2.75, 3.05) is 6.61 Å². The van der Waals surface area contributed by atoms with Crippen LogP contribution in [0.4, 0.5) is 0 Å². The van der Waals surface area contributed by atoms with E-state index in [2.05, 4.69) is 31.0 Å². The highest BCUT2D eigenvalue weighted by Gasteiger charge is 2.33. The highest BCUT2D eigenvalue weighted by molar-refractivity contribution is 7.07. The zero-order valence-electron chi connectivity index (χ0n) is 19.6. The number of ether oxygens (including phenoxy) is 1. The third kappa shape index (κ3) is 4.48. The number of carbonyl (C=O) groups is 1. The van der Waals surface area contributed by atoms with Gasteiger partial charge in [0.05, 0.1) is 28.5 Å². The molecule has 0 unspecified atom stereocenters. The van der Waals surface area contributed by atoms with E-state index in [-0.39, 0.29) is 12.2 Å². The topological polar surface area (TPSA) is 60.7 Å². The van der Waals surface area contributed by atoms with E-state index in [4.69, 9.17) is 4.74 Å². The Balaban J connectivity index is 1.90. The largest absolute Gasteiger partial charge is 0.463 e. The Morgan fingerprint density at radius 1 is 1.12 bits per heavy atom. The van der Waals surface area contributed by atoms with E-state index in [0.717, 1.165) is 16.7 Å². The lowest BCUT2D eigenvalue weighted by Gasteiger charge is -2.24. The van der Waals surface area contributed by atoms with Crippen LogP contribution in [0.2, 0.25) is 0 Å². The summed E-state index contributed by atoms with van der Waals surface area (Å²) in [4.78, 5) is 31.7. The number of aryl methyl sites for hydroxylation is 1. The Hall–Kier alpha value is -3.25. The molecule has 170 valence electrons. The molecule has 4 rings (SSSR count). The number of aromatic nitrogens is 1. The molecule has 0 radical (unpaired) electrons. The molecule has 0 spiro atoms. The van der Waals surface area contributed by atoms with Gasteiger partial charge in [-0.05, 0) is 49.5 Å². The Morgan fingerprint density at radius 3 is 2.39 bits per heavy atom. The third-order valence-electron chi connectivity index (χ3n) is 5.81. The van der Waals surface area contributed by atoms with E-state index >= 15 is 0 Å². The van der Waals surface area contributed by atoms with Gasteiger partial charge in [-0.3, -0.25) is 9.36 Å². The number of fused-ring (bicyclic) bond motifs is 1. The van der Waals surface area contributed by atoms with Crippen molar-refractivity contribution in [2.24, 2.45) is 4.99 Å². The van der Waals surface area contributed by atoms with Crippen LogP contribution < -0.4 is 14.9 Å². The fraction of sp³-hybridized carbons (Fsp3) is 0.296. The number of benzene rings is 2. The van der Waals surface area contributed by atoms with E-state index in [0.29, 0.717) is 26.5 Å². The average Bonchev–Trinajstić information content (AvgIpc) is 3.08. The maximum atomic E-state index is 13.6. The Labute approximate surface area is 197 Å². The monoisotopic (exact) mass is 460 g/mol. The first-order valence-electron chi connectivity index (χ1n) is 11.2. The second-order valence-electron chi connectivity index (χ2n) is 8.53. The molecule has 1 aliphatic rings. The first kappa shape index (κ1) is 22.9. The minimum atomic E-state index is -0.577. The number of hydrogen-bond acceptors (Lipinski definition) is 5. The summed E-state index contributed by atoms with van der Waals surface area (Å²) in [6, 6.07) is 15.5. The van der Waals surface area contributed by atoms with Crippen LogP contribution in [0.5, 0.6) is 0 Å². The van der Waals surface area contributed by atoms with Crippen molar-refractivity contribution in [1.29, 1.82) is 0 Å². The summed E-state index contributed by atoms with van der Waals surface area (Å²) in [5.41, 5.74) is 4.99. The maximum absolute atomic E-state index is 13.6. The van der Waals surface area contributed by atoms with Crippen LogP contribution in [0.3, 0.4) is 0 Å². The number of hydrogen-bond donors (Lipinski definition) is 0. The molecular weight excluding hydrogens is 432 g/mol. The third-order valence-corrected chi connectivity index (χ3v) is 6.79. The van der Waals surface area contributed by atoms with E-state index in [1.807, 2.05) is 49.4 Å². The number of allylic oxidation sites excluding steroid dienone is 1. The fourth-order valence-corrected chi connectivity index (χ4v) is 5.03. The number of nitrogens with zero attached hydrogens (tertiary/aromatic N) is 2. The van der Waals surface area contributed by atoms with Crippen LogP contribution in [-0.2, 0) is 9.53 Å². The highest BCUT2D eigenvalue weighted by Crippen LogP contribution is 2.30. The Morgan fingerprint density at radius 2 is 1.79 bits per heavy atom. The molecule has 2 heterocycles. The smallest absolute Gasteiger partial charge is 0.338 e. The number of thiazole rings is 1. The number of rotatable bonds is 5. The number of esters is 1. The molecule has 0 saturated heterocycles. The van der Waals surface area contributed by atoms with Crippen molar-refractivity contribution in [3.8, 4) is 0 Å². The first-order chi connectivity index (χ1) is 15.8.